The van der Waals surface area contributed by atoms with Crippen LogP contribution in [0.3, 0.4) is 0 Å². The van der Waals surface area contributed by atoms with E-state index in [0.717, 1.165) is 10.7 Å². The van der Waals surface area contributed by atoms with Gasteiger partial charge in [0.1, 0.15) is 11.6 Å². The lowest BCUT2D eigenvalue weighted by molar-refractivity contribution is 0.0690. The van der Waals surface area contributed by atoms with Gasteiger partial charge in [-0.25, -0.2) is 19.2 Å². The molecule has 0 spiro atoms. The molecule has 0 saturated carbocycles. The maximum Gasteiger partial charge on any atom is 0.356 e. The van der Waals surface area contributed by atoms with Gasteiger partial charge in [-0.3, -0.25) is 0 Å². The Morgan fingerprint density at radius 3 is 2.74 bits per heavy atom. The van der Waals surface area contributed by atoms with E-state index in [1.807, 2.05) is 0 Å². The van der Waals surface area contributed by atoms with E-state index in [-0.39, 0.29) is 24.0 Å². The Balaban J connectivity index is 1.97. The van der Waals surface area contributed by atoms with Crippen molar-refractivity contribution in [1.29, 1.82) is 0 Å². The molecule has 1 heterocycles. The SMILES string of the molecule is O=C(O)c1cnc(NCC(CO)Cc2cc(Br)ccc2F)cn1. The summed E-state index contributed by atoms with van der Waals surface area (Å²) >= 11 is 3.29. The Hall–Kier alpha value is -2.06. The third-order valence-electron chi connectivity index (χ3n) is 3.22. The molecule has 0 bridgehead atoms. The standard InChI is InChI=1S/C15H15BrFN3O3/c16-11-1-2-12(17)10(4-11)3-9(8-21)5-19-14-7-18-13(6-20-14)15(22)23/h1-2,4,6-7,9,21H,3,5,8H2,(H,19,20)(H,22,23). The first-order chi connectivity index (χ1) is 11.0. The number of hydrogen-bond donors (Lipinski definition) is 3. The number of halogens is 2. The van der Waals surface area contributed by atoms with E-state index in [2.05, 4.69) is 31.2 Å². The number of aliphatic hydroxyl groups excluding tert-OH is 1. The molecule has 122 valence electrons. The number of carboxylic acids is 1. The molecule has 3 N–H and O–H groups in total. The van der Waals surface area contributed by atoms with Crippen molar-refractivity contribution in [3.05, 3.63) is 52.1 Å². The minimum atomic E-state index is -1.15. The van der Waals surface area contributed by atoms with E-state index in [1.165, 1.54) is 12.3 Å². The second-order valence-electron chi connectivity index (χ2n) is 4.96. The smallest absolute Gasteiger partial charge is 0.356 e. The van der Waals surface area contributed by atoms with Crippen molar-refractivity contribution in [2.24, 2.45) is 5.92 Å². The van der Waals surface area contributed by atoms with Crippen LogP contribution in [0.15, 0.2) is 35.1 Å². The predicted molar refractivity (Wildman–Crippen MR) is 85.9 cm³/mol. The van der Waals surface area contributed by atoms with Gasteiger partial charge in [-0.15, -0.1) is 0 Å². The monoisotopic (exact) mass is 383 g/mol. The third kappa shape index (κ3) is 4.97. The average molecular weight is 384 g/mol. The second kappa shape index (κ2) is 7.98. The summed E-state index contributed by atoms with van der Waals surface area (Å²) in [5, 5.41) is 21.2. The summed E-state index contributed by atoms with van der Waals surface area (Å²) in [4.78, 5) is 18.4. The van der Waals surface area contributed by atoms with Crippen LogP contribution < -0.4 is 5.32 Å². The van der Waals surface area contributed by atoms with Gasteiger partial charge in [0.2, 0.25) is 0 Å². The molecule has 0 aliphatic heterocycles. The minimum absolute atomic E-state index is 0.125. The first-order valence-electron chi connectivity index (χ1n) is 6.83. The minimum Gasteiger partial charge on any atom is -0.476 e. The molecule has 8 heteroatoms. The number of hydrogen-bond acceptors (Lipinski definition) is 5. The third-order valence-corrected chi connectivity index (χ3v) is 3.71. The topological polar surface area (TPSA) is 95.3 Å². The molecule has 1 unspecified atom stereocenters. The average Bonchev–Trinajstić information content (AvgIpc) is 2.55. The highest BCUT2D eigenvalue weighted by Crippen LogP contribution is 2.19. The molecule has 2 rings (SSSR count). The molecule has 1 aromatic carbocycles. The van der Waals surface area contributed by atoms with E-state index in [1.54, 1.807) is 12.1 Å². The van der Waals surface area contributed by atoms with Crippen LogP contribution in [0.1, 0.15) is 16.1 Å². The summed E-state index contributed by atoms with van der Waals surface area (Å²) in [7, 11) is 0. The summed E-state index contributed by atoms with van der Waals surface area (Å²) in [6.45, 7) is 0.225. The van der Waals surface area contributed by atoms with Crippen LogP contribution in [0.5, 0.6) is 0 Å². The molecule has 0 fully saturated rings. The van der Waals surface area contributed by atoms with Crippen molar-refractivity contribution in [1.82, 2.24) is 9.97 Å². The van der Waals surface area contributed by atoms with Crippen LogP contribution in [0.25, 0.3) is 0 Å². The van der Waals surface area contributed by atoms with Crippen LogP contribution in [0, 0.1) is 11.7 Å². The summed E-state index contributed by atoms with van der Waals surface area (Å²) in [6.07, 6.45) is 2.81. The number of carboxylic acid groups (broad SMARTS) is 1. The Bertz CT molecular complexity index is 682. The van der Waals surface area contributed by atoms with Gasteiger partial charge < -0.3 is 15.5 Å². The fourth-order valence-corrected chi connectivity index (χ4v) is 2.40. The molecule has 0 amide bonds. The lowest BCUT2D eigenvalue weighted by Gasteiger charge is -2.16. The molecule has 1 atom stereocenters. The van der Waals surface area contributed by atoms with Gasteiger partial charge in [0.15, 0.2) is 5.69 Å². The largest absolute Gasteiger partial charge is 0.476 e. The summed E-state index contributed by atoms with van der Waals surface area (Å²) < 4.78 is 14.5. The molecule has 6 nitrogen and oxygen atoms in total. The van der Waals surface area contributed by atoms with Crippen molar-refractivity contribution in [2.45, 2.75) is 6.42 Å². The number of aliphatic hydroxyl groups is 1. The molecule has 1 aromatic heterocycles. The predicted octanol–water partition coefficient (Wildman–Crippen LogP) is 2.34. The molecule has 0 aliphatic rings. The quantitative estimate of drug-likeness (QED) is 0.679. The number of benzene rings is 1. The lowest BCUT2D eigenvalue weighted by atomic mass is 9.99. The van der Waals surface area contributed by atoms with Gasteiger partial charge in [0.05, 0.1) is 12.4 Å². The lowest BCUT2D eigenvalue weighted by Crippen LogP contribution is -2.21. The van der Waals surface area contributed by atoms with Gasteiger partial charge in [-0.1, -0.05) is 15.9 Å². The Labute approximate surface area is 140 Å². The Morgan fingerprint density at radius 1 is 1.35 bits per heavy atom. The van der Waals surface area contributed by atoms with Crippen LogP contribution in [0.4, 0.5) is 10.2 Å². The Morgan fingerprint density at radius 2 is 2.13 bits per heavy atom. The number of rotatable bonds is 7. The zero-order chi connectivity index (χ0) is 16.8. The highest BCUT2D eigenvalue weighted by atomic mass is 79.9. The van der Waals surface area contributed by atoms with Crippen molar-refractivity contribution < 1.29 is 19.4 Å². The zero-order valence-corrected chi connectivity index (χ0v) is 13.6. The first kappa shape index (κ1) is 17.3. The number of nitrogens with one attached hydrogen (secondary N) is 1. The summed E-state index contributed by atoms with van der Waals surface area (Å²) in [5.41, 5.74) is 0.359. The van der Waals surface area contributed by atoms with Crippen molar-refractivity contribution in [2.75, 3.05) is 18.5 Å². The van der Waals surface area contributed by atoms with Crippen LogP contribution >= 0.6 is 15.9 Å². The molecule has 0 radical (unpaired) electrons. The van der Waals surface area contributed by atoms with E-state index >= 15 is 0 Å². The van der Waals surface area contributed by atoms with Gasteiger partial charge in [-0.05, 0) is 30.2 Å². The van der Waals surface area contributed by atoms with Crippen LogP contribution in [-0.4, -0.2) is 39.3 Å². The maximum absolute atomic E-state index is 13.7. The summed E-state index contributed by atoms with van der Waals surface area (Å²) in [6, 6.07) is 4.67. The molecule has 0 saturated heterocycles. The van der Waals surface area contributed by atoms with Crippen molar-refractivity contribution >= 4 is 27.7 Å². The van der Waals surface area contributed by atoms with Gasteiger partial charge in [0, 0.05) is 23.5 Å². The molecule has 23 heavy (non-hydrogen) atoms. The van der Waals surface area contributed by atoms with E-state index < -0.39 is 5.97 Å². The highest BCUT2D eigenvalue weighted by molar-refractivity contribution is 9.10. The van der Waals surface area contributed by atoms with Crippen molar-refractivity contribution in [3.8, 4) is 0 Å². The molecular formula is C15H15BrFN3O3. The first-order valence-corrected chi connectivity index (χ1v) is 7.63. The zero-order valence-electron chi connectivity index (χ0n) is 12.0. The van der Waals surface area contributed by atoms with Crippen LogP contribution in [-0.2, 0) is 6.42 Å². The normalized spacial score (nSPS) is 12.0. The number of aromatic nitrogens is 2. The van der Waals surface area contributed by atoms with Gasteiger partial charge in [0.25, 0.3) is 0 Å². The summed E-state index contributed by atoms with van der Waals surface area (Å²) in [5.74, 6) is -1.30. The number of aromatic carboxylic acids is 1. The molecule has 2 aromatic rings. The number of carbonyl (C=O) groups is 1. The van der Waals surface area contributed by atoms with E-state index in [4.69, 9.17) is 5.11 Å². The maximum atomic E-state index is 13.7. The van der Waals surface area contributed by atoms with Crippen molar-refractivity contribution in [3.63, 3.8) is 0 Å². The number of anilines is 1. The van der Waals surface area contributed by atoms with Gasteiger partial charge >= 0.3 is 5.97 Å². The van der Waals surface area contributed by atoms with Crippen LogP contribution in [0.2, 0.25) is 0 Å². The number of nitrogens with zero attached hydrogens (tertiary/aromatic N) is 2. The fourth-order valence-electron chi connectivity index (χ4n) is 1.99. The molecular weight excluding hydrogens is 369 g/mol. The Kier molecular flexibility index (Phi) is 6.00. The fraction of sp³-hybridized carbons (Fsp3) is 0.267. The highest BCUT2D eigenvalue weighted by Gasteiger charge is 2.13. The van der Waals surface area contributed by atoms with E-state index in [0.29, 0.717) is 24.3 Å². The molecule has 0 aliphatic carbocycles. The second-order valence-corrected chi connectivity index (χ2v) is 5.88. The van der Waals surface area contributed by atoms with E-state index in [9.17, 15) is 14.3 Å². The van der Waals surface area contributed by atoms with Gasteiger partial charge in [-0.2, -0.15) is 0 Å².